The molecule has 0 radical (unpaired) electrons. The number of nitrogens with one attached hydrogen (secondary N) is 1. The second-order valence-corrected chi connectivity index (χ2v) is 6.43. The monoisotopic (exact) mass is 355 g/mol. The van der Waals surface area contributed by atoms with Crippen LogP contribution in [-0.2, 0) is 6.54 Å². The van der Waals surface area contributed by atoms with Gasteiger partial charge in [-0.1, -0.05) is 25.4 Å². The lowest BCUT2D eigenvalue weighted by Crippen LogP contribution is -2.23. The number of aromatic nitrogens is 2. The van der Waals surface area contributed by atoms with Gasteiger partial charge in [-0.15, -0.1) is 0 Å². The Morgan fingerprint density at radius 3 is 2.60 bits per heavy atom. The minimum absolute atomic E-state index is 0.425. The molecule has 20 heavy (non-hydrogen) atoms. The highest BCUT2D eigenvalue weighted by Gasteiger charge is 2.13. The van der Waals surface area contributed by atoms with Crippen LogP contribution in [0.5, 0.6) is 0 Å². The van der Waals surface area contributed by atoms with E-state index in [9.17, 15) is 0 Å². The number of rotatable bonds is 4. The number of nitrogens with zero attached hydrogens (tertiary/aromatic N) is 2. The normalized spacial score (nSPS) is 11.3. The van der Waals surface area contributed by atoms with Crippen LogP contribution in [0.3, 0.4) is 0 Å². The first kappa shape index (κ1) is 15.5. The van der Waals surface area contributed by atoms with Crippen LogP contribution in [0, 0.1) is 13.8 Å². The Morgan fingerprint density at radius 1 is 1.35 bits per heavy atom. The molecule has 0 saturated carbocycles. The van der Waals surface area contributed by atoms with E-state index in [1.807, 2.05) is 29.8 Å². The molecule has 0 atom stereocenters. The van der Waals surface area contributed by atoms with Crippen LogP contribution in [0.4, 0.5) is 0 Å². The number of halogens is 2. The lowest BCUT2D eigenvalue weighted by molar-refractivity contribution is 0.586. The SMILES string of the molecule is Cc1nn(-c2ccc(Cl)cc2CNC(C)C)c(C)c1Br. The summed E-state index contributed by atoms with van der Waals surface area (Å²) >= 11 is 9.70. The third-order valence-corrected chi connectivity index (χ3v) is 4.56. The summed E-state index contributed by atoms with van der Waals surface area (Å²) in [5.41, 5.74) is 4.29. The summed E-state index contributed by atoms with van der Waals surface area (Å²) in [6.07, 6.45) is 0. The standard InChI is InChI=1S/C15H19BrClN3/c1-9(2)18-8-12-7-13(17)5-6-14(12)20-11(4)15(16)10(3)19-20/h5-7,9,18H,8H2,1-4H3. The Bertz CT molecular complexity index is 620. The second-order valence-electron chi connectivity index (χ2n) is 5.21. The number of aryl methyl sites for hydroxylation is 1. The zero-order valence-electron chi connectivity index (χ0n) is 12.2. The van der Waals surface area contributed by atoms with Crippen molar-refractivity contribution in [3.05, 3.63) is 44.6 Å². The van der Waals surface area contributed by atoms with Crippen molar-refractivity contribution in [1.29, 1.82) is 0 Å². The van der Waals surface area contributed by atoms with Crippen LogP contribution in [-0.4, -0.2) is 15.8 Å². The van der Waals surface area contributed by atoms with Gasteiger partial charge in [-0.25, -0.2) is 4.68 Å². The topological polar surface area (TPSA) is 29.9 Å². The summed E-state index contributed by atoms with van der Waals surface area (Å²) in [5, 5.41) is 8.77. The highest BCUT2D eigenvalue weighted by Crippen LogP contribution is 2.26. The average molecular weight is 357 g/mol. The summed E-state index contributed by atoms with van der Waals surface area (Å²) < 4.78 is 3.02. The van der Waals surface area contributed by atoms with Crippen molar-refractivity contribution in [3.63, 3.8) is 0 Å². The van der Waals surface area contributed by atoms with Gasteiger partial charge in [0.25, 0.3) is 0 Å². The molecule has 0 unspecified atom stereocenters. The van der Waals surface area contributed by atoms with E-state index in [1.165, 1.54) is 0 Å². The zero-order valence-corrected chi connectivity index (χ0v) is 14.5. The predicted octanol–water partition coefficient (Wildman–Crippen LogP) is 4.40. The Labute approximate surface area is 133 Å². The largest absolute Gasteiger partial charge is 0.310 e. The van der Waals surface area contributed by atoms with Gasteiger partial charge in [0, 0.05) is 17.6 Å². The van der Waals surface area contributed by atoms with Crippen LogP contribution < -0.4 is 5.32 Å². The van der Waals surface area contributed by atoms with Crippen molar-refractivity contribution in [2.24, 2.45) is 0 Å². The molecule has 2 aromatic rings. The van der Waals surface area contributed by atoms with Crippen molar-refractivity contribution in [3.8, 4) is 5.69 Å². The fourth-order valence-corrected chi connectivity index (χ4v) is 2.52. The van der Waals surface area contributed by atoms with E-state index in [0.717, 1.165) is 38.7 Å². The minimum Gasteiger partial charge on any atom is -0.310 e. The molecular formula is C15H19BrClN3. The molecule has 2 rings (SSSR count). The third-order valence-electron chi connectivity index (χ3n) is 3.17. The van der Waals surface area contributed by atoms with Gasteiger partial charge in [0.1, 0.15) is 0 Å². The van der Waals surface area contributed by atoms with Crippen molar-refractivity contribution in [1.82, 2.24) is 15.1 Å². The fraction of sp³-hybridized carbons (Fsp3) is 0.400. The van der Waals surface area contributed by atoms with Gasteiger partial charge in [0.2, 0.25) is 0 Å². The van der Waals surface area contributed by atoms with Crippen molar-refractivity contribution >= 4 is 27.5 Å². The molecule has 3 nitrogen and oxygen atoms in total. The molecule has 0 aliphatic rings. The summed E-state index contributed by atoms with van der Waals surface area (Å²) in [4.78, 5) is 0. The molecule has 0 aliphatic carbocycles. The maximum absolute atomic E-state index is 6.13. The lowest BCUT2D eigenvalue weighted by Gasteiger charge is -2.14. The van der Waals surface area contributed by atoms with E-state index in [4.69, 9.17) is 11.6 Å². The smallest absolute Gasteiger partial charge is 0.0743 e. The van der Waals surface area contributed by atoms with Crippen molar-refractivity contribution in [2.75, 3.05) is 0 Å². The maximum Gasteiger partial charge on any atom is 0.0743 e. The summed E-state index contributed by atoms with van der Waals surface area (Å²) in [7, 11) is 0. The highest BCUT2D eigenvalue weighted by atomic mass is 79.9. The van der Waals surface area contributed by atoms with Crippen LogP contribution in [0.2, 0.25) is 5.02 Å². The van der Waals surface area contributed by atoms with Crippen molar-refractivity contribution in [2.45, 2.75) is 40.3 Å². The van der Waals surface area contributed by atoms with Crippen molar-refractivity contribution < 1.29 is 0 Å². The Balaban J connectivity index is 2.47. The highest BCUT2D eigenvalue weighted by molar-refractivity contribution is 9.10. The number of hydrogen-bond acceptors (Lipinski definition) is 2. The third kappa shape index (κ3) is 3.25. The van der Waals surface area contributed by atoms with E-state index >= 15 is 0 Å². The minimum atomic E-state index is 0.425. The van der Waals surface area contributed by atoms with Crippen LogP contribution in [0.25, 0.3) is 5.69 Å². The van der Waals surface area contributed by atoms with E-state index < -0.39 is 0 Å². The van der Waals surface area contributed by atoms with Crippen LogP contribution in [0.15, 0.2) is 22.7 Å². The van der Waals surface area contributed by atoms with Gasteiger partial charge in [-0.3, -0.25) is 0 Å². The summed E-state index contributed by atoms with van der Waals surface area (Å²) in [6, 6.07) is 6.34. The first-order valence-electron chi connectivity index (χ1n) is 6.64. The molecule has 0 amide bonds. The molecule has 0 spiro atoms. The number of benzene rings is 1. The van der Waals surface area contributed by atoms with Gasteiger partial charge in [-0.05, 0) is 53.5 Å². The first-order chi connectivity index (χ1) is 9.40. The Kier molecular flexibility index (Phi) is 4.89. The maximum atomic E-state index is 6.13. The average Bonchev–Trinajstić information content (AvgIpc) is 2.64. The van der Waals surface area contributed by atoms with Crippen LogP contribution >= 0.6 is 27.5 Å². The Morgan fingerprint density at radius 2 is 2.05 bits per heavy atom. The van der Waals surface area contributed by atoms with Gasteiger partial charge in [0.15, 0.2) is 0 Å². The molecule has 1 heterocycles. The van der Waals surface area contributed by atoms with E-state index in [0.29, 0.717) is 6.04 Å². The lowest BCUT2D eigenvalue weighted by atomic mass is 10.1. The number of hydrogen-bond donors (Lipinski definition) is 1. The molecular weight excluding hydrogens is 338 g/mol. The Hall–Kier alpha value is -0.840. The van der Waals surface area contributed by atoms with Gasteiger partial charge < -0.3 is 5.32 Å². The molecule has 1 aromatic carbocycles. The predicted molar refractivity (Wildman–Crippen MR) is 87.7 cm³/mol. The van der Waals surface area contributed by atoms with Crippen LogP contribution in [0.1, 0.15) is 30.8 Å². The van der Waals surface area contributed by atoms with Gasteiger partial charge >= 0.3 is 0 Å². The van der Waals surface area contributed by atoms with E-state index in [2.05, 4.69) is 47.1 Å². The molecule has 108 valence electrons. The van der Waals surface area contributed by atoms with E-state index in [1.54, 1.807) is 0 Å². The fourth-order valence-electron chi connectivity index (χ4n) is 2.07. The van der Waals surface area contributed by atoms with Gasteiger partial charge in [-0.2, -0.15) is 5.10 Å². The van der Waals surface area contributed by atoms with Gasteiger partial charge in [0.05, 0.1) is 21.5 Å². The van der Waals surface area contributed by atoms with E-state index in [-0.39, 0.29) is 0 Å². The molecule has 0 aliphatic heterocycles. The first-order valence-corrected chi connectivity index (χ1v) is 7.81. The molecule has 1 aromatic heterocycles. The molecule has 0 fully saturated rings. The molecule has 5 heteroatoms. The molecule has 1 N–H and O–H groups in total. The molecule has 0 saturated heterocycles. The second kappa shape index (κ2) is 6.29. The quantitative estimate of drug-likeness (QED) is 0.879. The molecule has 0 bridgehead atoms. The zero-order chi connectivity index (χ0) is 14.9. The summed E-state index contributed by atoms with van der Waals surface area (Å²) in [5.74, 6) is 0. The summed E-state index contributed by atoms with van der Waals surface area (Å²) in [6.45, 7) is 9.08.